The van der Waals surface area contributed by atoms with Gasteiger partial charge in [0.05, 0.1) is 6.20 Å². The number of rotatable bonds is 4. The summed E-state index contributed by atoms with van der Waals surface area (Å²) in [5, 5.41) is 2.98. The Balaban J connectivity index is 1.99. The molecular formula is C12H14BrN3. The van der Waals surface area contributed by atoms with Crippen LogP contribution in [0.3, 0.4) is 0 Å². The molecule has 0 radical (unpaired) electrons. The number of aromatic nitrogens is 2. The van der Waals surface area contributed by atoms with Crippen molar-refractivity contribution < 1.29 is 0 Å². The van der Waals surface area contributed by atoms with E-state index in [1.165, 1.54) is 10.0 Å². The monoisotopic (exact) mass is 279 g/mol. The molecule has 0 aliphatic heterocycles. The molecule has 1 aromatic carbocycles. The Morgan fingerprint density at radius 1 is 1.31 bits per heavy atom. The van der Waals surface area contributed by atoms with E-state index in [4.69, 9.17) is 0 Å². The molecule has 0 unspecified atom stereocenters. The maximum Gasteiger partial charge on any atom is 0.200 e. The van der Waals surface area contributed by atoms with E-state index < -0.39 is 0 Å². The number of nitrogens with one attached hydrogen (secondary N) is 2. The highest BCUT2D eigenvalue weighted by Gasteiger charge is 2.02. The number of aryl methyl sites for hydroxylation is 2. The number of aromatic amines is 1. The Hall–Kier alpha value is -1.29. The fraction of sp³-hybridized carbons (Fsp3) is 0.250. The second-order valence-electron chi connectivity index (χ2n) is 3.60. The van der Waals surface area contributed by atoms with E-state index in [0.717, 1.165) is 24.5 Å². The van der Waals surface area contributed by atoms with Crippen molar-refractivity contribution in [2.75, 3.05) is 12.4 Å². The van der Waals surface area contributed by atoms with Crippen LogP contribution in [0.1, 0.15) is 11.3 Å². The van der Waals surface area contributed by atoms with Crippen LogP contribution in [0.15, 0.2) is 34.9 Å². The molecule has 0 fully saturated rings. The van der Waals surface area contributed by atoms with Crippen molar-refractivity contribution in [1.29, 1.82) is 0 Å². The molecule has 0 atom stereocenters. The maximum absolute atomic E-state index is 4.19. The molecule has 2 aromatic rings. The van der Waals surface area contributed by atoms with Gasteiger partial charge in [-0.3, -0.25) is 0 Å². The van der Waals surface area contributed by atoms with Crippen LogP contribution in [-0.2, 0) is 12.8 Å². The summed E-state index contributed by atoms with van der Waals surface area (Å²) in [7, 11) is 1.86. The normalized spacial score (nSPS) is 10.4. The van der Waals surface area contributed by atoms with Gasteiger partial charge in [-0.1, -0.05) is 34.1 Å². The number of benzene rings is 1. The average Bonchev–Trinajstić information content (AvgIpc) is 2.76. The van der Waals surface area contributed by atoms with Crippen molar-refractivity contribution in [3.8, 4) is 0 Å². The van der Waals surface area contributed by atoms with E-state index in [9.17, 15) is 0 Å². The van der Waals surface area contributed by atoms with Crippen molar-refractivity contribution in [3.05, 3.63) is 46.2 Å². The van der Waals surface area contributed by atoms with Gasteiger partial charge in [0.2, 0.25) is 0 Å². The SMILES string of the molecule is CNc1ncc(CCc2ccccc2Br)[nH]1. The Kier molecular flexibility index (Phi) is 3.62. The summed E-state index contributed by atoms with van der Waals surface area (Å²) < 4.78 is 1.17. The van der Waals surface area contributed by atoms with E-state index in [1.807, 2.05) is 19.3 Å². The van der Waals surface area contributed by atoms with Crippen LogP contribution in [-0.4, -0.2) is 17.0 Å². The number of H-pyrrole nitrogens is 1. The average molecular weight is 280 g/mol. The Morgan fingerprint density at radius 3 is 2.81 bits per heavy atom. The molecule has 0 spiro atoms. The van der Waals surface area contributed by atoms with Crippen LogP contribution in [0.4, 0.5) is 5.95 Å². The van der Waals surface area contributed by atoms with Gasteiger partial charge in [-0.2, -0.15) is 0 Å². The molecule has 4 heteroatoms. The largest absolute Gasteiger partial charge is 0.359 e. The molecular weight excluding hydrogens is 266 g/mol. The molecule has 0 aliphatic carbocycles. The number of halogens is 1. The number of nitrogens with zero attached hydrogens (tertiary/aromatic N) is 1. The zero-order valence-corrected chi connectivity index (χ0v) is 10.7. The predicted octanol–water partition coefficient (Wildman–Crippen LogP) is 3.00. The highest BCUT2D eigenvalue weighted by atomic mass is 79.9. The molecule has 0 amide bonds. The van der Waals surface area contributed by atoms with Crippen LogP contribution in [0, 0.1) is 0 Å². The fourth-order valence-corrected chi connectivity index (χ4v) is 2.07. The van der Waals surface area contributed by atoms with E-state index >= 15 is 0 Å². The highest BCUT2D eigenvalue weighted by molar-refractivity contribution is 9.10. The van der Waals surface area contributed by atoms with Crippen molar-refractivity contribution in [3.63, 3.8) is 0 Å². The van der Waals surface area contributed by atoms with Crippen molar-refractivity contribution in [2.24, 2.45) is 0 Å². The lowest BCUT2D eigenvalue weighted by Gasteiger charge is -2.02. The van der Waals surface area contributed by atoms with Gasteiger partial charge >= 0.3 is 0 Å². The minimum Gasteiger partial charge on any atom is -0.359 e. The first-order valence-electron chi connectivity index (χ1n) is 5.24. The summed E-state index contributed by atoms with van der Waals surface area (Å²) in [5.41, 5.74) is 2.48. The number of imidazole rings is 1. The van der Waals surface area contributed by atoms with Crippen LogP contribution in [0.25, 0.3) is 0 Å². The Morgan fingerprint density at radius 2 is 2.12 bits per heavy atom. The molecule has 0 saturated carbocycles. The van der Waals surface area contributed by atoms with Gasteiger partial charge in [0.15, 0.2) is 5.95 Å². The minimum atomic E-state index is 0.821. The molecule has 84 valence electrons. The fourth-order valence-electron chi connectivity index (χ4n) is 1.58. The molecule has 0 bridgehead atoms. The zero-order valence-electron chi connectivity index (χ0n) is 9.13. The Bertz CT molecular complexity index is 465. The van der Waals surface area contributed by atoms with Crippen LogP contribution in [0.2, 0.25) is 0 Å². The van der Waals surface area contributed by atoms with Gasteiger partial charge < -0.3 is 10.3 Å². The standard InChI is InChI=1S/C12H14BrN3/c1-14-12-15-8-10(16-12)7-6-9-4-2-3-5-11(9)13/h2-5,8H,6-7H2,1H3,(H2,14,15,16). The summed E-state index contributed by atoms with van der Waals surface area (Å²) in [6.45, 7) is 0. The van der Waals surface area contributed by atoms with E-state index in [1.54, 1.807) is 0 Å². The quantitative estimate of drug-likeness (QED) is 0.903. The van der Waals surface area contributed by atoms with Crippen LogP contribution in [0.5, 0.6) is 0 Å². The highest BCUT2D eigenvalue weighted by Crippen LogP contribution is 2.17. The first-order chi connectivity index (χ1) is 7.79. The topological polar surface area (TPSA) is 40.7 Å². The van der Waals surface area contributed by atoms with Gasteiger partial charge in [-0.15, -0.1) is 0 Å². The second-order valence-corrected chi connectivity index (χ2v) is 4.45. The predicted molar refractivity (Wildman–Crippen MR) is 69.7 cm³/mol. The third kappa shape index (κ3) is 2.64. The number of hydrogen-bond donors (Lipinski definition) is 2. The lowest BCUT2D eigenvalue weighted by molar-refractivity contribution is 0.921. The molecule has 2 rings (SSSR count). The summed E-state index contributed by atoms with van der Waals surface area (Å²) in [6, 6.07) is 8.30. The first-order valence-corrected chi connectivity index (χ1v) is 6.04. The third-order valence-corrected chi connectivity index (χ3v) is 3.26. The third-order valence-electron chi connectivity index (χ3n) is 2.49. The van der Waals surface area contributed by atoms with Gasteiger partial charge in [0, 0.05) is 17.2 Å². The van der Waals surface area contributed by atoms with Gasteiger partial charge in [0.1, 0.15) is 0 Å². The summed E-state index contributed by atoms with van der Waals surface area (Å²) in [5.74, 6) is 0.821. The first kappa shape index (κ1) is 11.2. The summed E-state index contributed by atoms with van der Waals surface area (Å²) in [4.78, 5) is 7.41. The molecule has 1 heterocycles. The van der Waals surface area contributed by atoms with E-state index in [0.29, 0.717) is 0 Å². The number of hydrogen-bond acceptors (Lipinski definition) is 2. The zero-order chi connectivity index (χ0) is 11.4. The van der Waals surface area contributed by atoms with Gasteiger partial charge in [-0.05, 0) is 24.5 Å². The summed E-state index contributed by atoms with van der Waals surface area (Å²) >= 11 is 3.55. The lowest BCUT2D eigenvalue weighted by atomic mass is 10.1. The van der Waals surface area contributed by atoms with Crippen LogP contribution >= 0.6 is 15.9 Å². The molecule has 2 N–H and O–H groups in total. The van der Waals surface area contributed by atoms with E-state index in [2.05, 4.69) is 49.4 Å². The van der Waals surface area contributed by atoms with Gasteiger partial charge in [0.25, 0.3) is 0 Å². The number of anilines is 1. The Labute approximate surface area is 103 Å². The molecule has 16 heavy (non-hydrogen) atoms. The second kappa shape index (κ2) is 5.16. The molecule has 0 aliphatic rings. The van der Waals surface area contributed by atoms with Crippen molar-refractivity contribution >= 4 is 21.9 Å². The molecule has 0 saturated heterocycles. The summed E-state index contributed by atoms with van der Waals surface area (Å²) in [6.07, 6.45) is 3.85. The molecule has 3 nitrogen and oxygen atoms in total. The maximum atomic E-state index is 4.19. The van der Waals surface area contributed by atoms with Crippen molar-refractivity contribution in [1.82, 2.24) is 9.97 Å². The smallest absolute Gasteiger partial charge is 0.200 e. The minimum absolute atomic E-state index is 0.821. The van der Waals surface area contributed by atoms with Crippen molar-refractivity contribution in [2.45, 2.75) is 12.8 Å². The van der Waals surface area contributed by atoms with Crippen LogP contribution < -0.4 is 5.32 Å². The lowest BCUT2D eigenvalue weighted by Crippen LogP contribution is -1.94. The van der Waals surface area contributed by atoms with E-state index in [-0.39, 0.29) is 0 Å². The molecule has 1 aromatic heterocycles. The van der Waals surface area contributed by atoms with Gasteiger partial charge in [-0.25, -0.2) is 4.98 Å².